The number of aromatic amines is 1. The molecule has 2 aromatic carbocycles. The van der Waals surface area contributed by atoms with Crippen molar-refractivity contribution in [2.24, 2.45) is 0 Å². The lowest BCUT2D eigenvalue weighted by Crippen LogP contribution is -2.47. The zero-order valence-electron chi connectivity index (χ0n) is 18.9. The summed E-state index contributed by atoms with van der Waals surface area (Å²) in [4.78, 5) is 27.5. The third-order valence-electron chi connectivity index (χ3n) is 6.13. The van der Waals surface area contributed by atoms with E-state index in [0.717, 1.165) is 11.1 Å². The van der Waals surface area contributed by atoms with Crippen LogP contribution in [0.3, 0.4) is 0 Å². The molecule has 0 radical (unpaired) electrons. The third kappa shape index (κ3) is 5.30. The number of hydrogen-bond acceptors (Lipinski definition) is 3. The molecule has 6 nitrogen and oxygen atoms in total. The second kappa shape index (κ2) is 9.98. The lowest BCUT2D eigenvalue weighted by atomic mass is 9.95. The summed E-state index contributed by atoms with van der Waals surface area (Å²) in [6, 6.07) is 18.3. The summed E-state index contributed by atoms with van der Waals surface area (Å²) in [5.74, 6) is -0.245. The molecule has 0 saturated carbocycles. The lowest BCUT2D eigenvalue weighted by Gasteiger charge is -2.27. The summed E-state index contributed by atoms with van der Waals surface area (Å²) in [7, 11) is 0. The highest BCUT2D eigenvalue weighted by Gasteiger charge is 2.40. The molecule has 1 fully saturated rings. The van der Waals surface area contributed by atoms with Gasteiger partial charge >= 0.3 is 0 Å². The number of benzene rings is 2. The van der Waals surface area contributed by atoms with E-state index in [2.05, 4.69) is 41.5 Å². The first kappa shape index (κ1) is 22.7. The van der Waals surface area contributed by atoms with Crippen LogP contribution in [0.15, 0.2) is 66.9 Å². The van der Waals surface area contributed by atoms with Gasteiger partial charge in [-0.15, -0.1) is 0 Å². The molecule has 1 aromatic heterocycles. The van der Waals surface area contributed by atoms with Crippen molar-refractivity contribution >= 4 is 11.8 Å². The van der Waals surface area contributed by atoms with Crippen LogP contribution in [0.1, 0.15) is 54.6 Å². The van der Waals surface area contributed by atoms with Crippen molar-refractivity contribution in [3.63, 3.8) is 0 Å². The molecule has 2 amide bonds. The number of hydrogen-bond donors (Lipinski definition) is 2. The molecule has 33 heavy (non-hydrogen) atoms. The first-order valence-corrected chi connectivity index (χ1v) is 11.3. The van der Waals surface area contributed by atoms with Crippen LogP contribution in [0.25, 0.3) is 0 Å². The van der Waals surface area contributed by atoms with Gasteiger partial charge in [-0.1, -0.05) is 68.4 Å². The number of carbonyl (C=O) groups excluding carboxylic acids is 2. The minimum absolute atomic E-state index is 0.00561. The number of rotatable bonds is 7. The monoisotopic (exact) mass is 448 g/mol. The van der Waals surface area contributed by atoms with Gasteiger partial charge in [-0.25, -0.2) is 4.39 Å². The Kier molecular flexibility index (Phi) is 6.87. The van der Waals surface area contributed by atoms with Crippen molar-refractivity contribution in [2.45, 2.75) is 50.9 Å². The fraction of sp³-hybridized carbons (Fsp3) is 0.346. The SMILES string of the molecule is CC(C)c1ccc([C@@H](NC(=O)[C@@H]2C[C@@H](F)CN2C(=O)Cc2ccn[nH]2)c2ccccc2)cc1. The van der Waals surface area contributed by atoms with Crippen LogP contribution in [0.4, 0.5) is 4.39 Å². The van der Waals surface area contributed by atoms with E-state index in [9.17, 15) is 14.0 Å². The summed E-state index contributed by atoms with van der Waals surface area (Å²) >= 11 is 0. The predicted octanol–water partition coefficient (Wildman–Crippen LogP) is 3.92. The van der Waals surface area contributed by atoms with E-state index >= 15 is 0 Å². The summed E-state index contributed by atoms with van der Waals surface area (Å²) in [6.07, 6.45) is 0.375. The van der Waals surface area contributed by atoms with E-state index in [1.807, 2.05) is 42.5 Å². The number of H-pyrrole nitrogens is 1. The van der Waals surface area contributed by atoms with Crippen LogP contribution in [0, 0.1) is 0 Å². The average Bonchev–Trinajstić information content (AvgIpc) is 3.47. The smallest absolute Gasteiger partial charge is 0.243 e. The molecular weight excluding hydrogens is 419 g/mol. The molecule has 0 unspecified atom stereocenters. The van der Waals surface area contributed by atoms with Crippen LogP contribution in [0.2, 0.25) is 0 Å². The quantitative estimate of drug-likeness (QED) is 0.575. The number of carbonyl (C=O) groups is 2. The van der Waals surface area contributed by atoms with Gasteiger partial charge in [0, 0.05) is 18.3 Å². The van der Waals surface area contributed by atoms with Gasteiger partial charge in [-0.3, -0.25) is 14.7 Å². The molecule has 0 spiro atoms. The van der Waals surface area contributed by atoms with Gasteiger partial charge < -0.3 is 10.2 Å². The molecule has 1 saturated heterocycles. The minimum Gasteiger partial charge on any atom is -0.343 e. The van der Waals surface area contributed by atoms with Crippen molar-refractivity contribution in [2.75, 3.05) is 6.54 Å². The fourth-order valence-electron chi connectivity index (χ4n) is 4.27. The number of aromatic nitrogens is 2. The zero-order valence-corrected chi connectivity index (χ0v) is 18.9. The highest BCUT2D eigenvalue weighted by Crippen LogP contribution is 2.27. The van der Waals surface area contributed by atoms with Gasteiger partial charge in [0.2, 0.25) is 11.8 Å². The van der Waals surface area contributed by atoms with Crippen molar-refractivity contribution in [3.8, 4) is 0 Å². The number of halogens is 1. The largest absolute Gasteiger partial charge is 0.343 e. The Morgan fingerprint density at radius 1 is 1.06 bits per heavy atom. The van der Waals surface area contributed by atoms with E-state index in [0.29, 0.717) is 11.6 Å². The van der Waals surface area contributed by atoms with Crippen molar-refractivity contribution in [1.29, 1.82) is 0 Å². The number of nitrogens with zero attached hydrogens (tertiary/aromatic N) is 2. The third-order valence-corrected chi connectivity index (χ3v) is 6.13. The molecular formula is C26H29FN4O2. The van der Waals surface area contributed by atoms with Crippen molar-refractivity contribution in [3.05, 3.63) is 89.2 Å². The number of likely N-dealkylation sites (tertiary alicyclic amines) is 1. The van der Waals surface area contributed by atoms with Gasteiger partial charge in [0.05, 0.1) is 19.0 Å². The average molecular weight is 449 g/mol. The summed E-state index contributed by atoms with van der Waals surface area (Å²) in [6.45, 7) is 4.19. The predicted molar refractivity (Wildman–Crippen MR) is 124 cm³/mol. The maximum atomic E-state index is 14.3. The maximum Gasteiger partial charge on any atom is 0.243 e. The lowest BCUT2D eigenvalue weighted by molar-refractivity contribution is -0.138. The summed E-state index contributed by atoms with van der Waals surface area (Å²) < 4.78 is 14.3. The second-order valence-electron chi connectivity index (χ2n) is 8.83. The van der Waals surface area contributed by atoms with E-state index in [1.165, 1.54) is 10.5 Å². The highest BCUT2D eigenvalue weighted by molar-refractivity contribution is 5.89. The molecule has 4 rings (SSSR count). The van der Waals surface area contributed by atoms with Crippen LogP contribution >= 0.6 is 0 Å². The van der Waals surface area contributed by atoms with Crippen LogP contribution in [-0.2, 0) is 16.0 Å². The molecule has 3 atom stereocenters. The van der Waals surface area contributed by atoms with Crippen LogP contribution < -0.4 is 5.32 Å². The molecule has 0 bridgehead atoms. The molecule has 3 aromatic rings. The van der Waals surface area contributed by atoms with Gasteiger partial charge in [-0.2, -0.15) is 5.10 Å². The molecule has 2 heterocycles. The minimum atomic E-state index is -1.23. The standard InChI is InChI=1S/C26H29FN4O2/c1-17(2)18-8-10-20(11-9-18)25(19-6-4-3-5-7-19)29-26(33)23-14-21(27)16-31(23)24(32)15-22-12-13-28-30-22/h3-13,17,21,23,25H,14-16H2,1-2H3,(H,28,30)(H,29,33)/t21-,23+,25+/m1/s1. The van der Waals surface area contributed by atoms with Gasteiger partial charge in [0.1, 0.15) is 12.2 Å². The number of amides is 2. The normalized spacial score (nSPS) is 19.0. The highest BCUT2D eigenvalue weighted by atomic mass is 19.1. The number of nitrogens with one attached hydrogen (secondary N) is 2. The molecule has 2 N–H and O–H groups in total. The van der Waals surface area contributed by atoms with Crippen molar-refractivity contribution in [1.82, 2.24) is 20.4 Å². The summed E-state index contributed by atoms with van der Waals surface area (Å²) in [5, 5.41) is 9.67. The van der Waals surface area contributed by atoms with Gasteiger partial charge in [0.15, 0.2) is 0 Å². The summed E-state index contributed by atoms with van der Waals surface area (Å²) in [5.41, 5.74) is 3.70. The Bertz CT molecular complexity index is 1070. The Labute approximate surface area is 193 Å². The Hall–Kier alpha value is -3.48. The molecule has 1 aliphatic heterocycles. The first-order valence-electron chi connectivity index (χ1n) is 11.3. The number of alkyl halides is 1. The molecule has 1 aliphatic rings. The Morgan fingerprint density at radius 2 is 1.73 bits per heavy atom. The van der Waals surface area contributed by atoms with Gasteiger partial charge in [0.25, 0.3) is 0 Å². The molecule has 0 aliphatic carbocycles. The van der Waals surface area contributed by atoms with E-state index in [4.69, 9.17) is 0 Å². The first-order chi connectivity index (χ1) is 15.9. The van der Waals surface area contributed by atoms with Crippen LogP contribution in [0.5, 0.6) is 0 Å². The van der Waals surface area contributed by atoms with Crippen molar-refractivity contribution < 1.29 is 14.0 Å². The zero-order chi connectivity index (χ0) is 23.4. The Morgan fingerprint density at radius 3 is 2.36 bits per heavy atom. The van der Waals surface area contributed by atoms with E-state index < -0.39 is 18.3 Å². The molecule has 7 heteroatoms. The maximum absolute atomic E-state index is 14.3. The fourth-order valence-corrected chi connectivity index (χ4v) is 4.27. The topological polar surface area (TPSA) is 78.1 Å². The van der Waals surface area contributed by atoms with Gasteiger partial charge in [-0.05, 0) is 28.7 Å². The molecule has 172 valence electrons. The van der Waals surface area contributed by atoms with E-state index in [-0.39, 0.29) is 31.2 Å². The van der Waals surface area contributed by atoms with E-state index in [1.54, 1.807) is 12.3 Å². The second-order valence-corrected chi connectivity index (χ2v) is 8.83. The Balaban J connectivity index is 1.56. The van der Waals surface area contributed by atoms with Crippen LogP contribution in [-0.4, -0.2) is 45.7 Å².